The van der Waals surface area contributed by atoms with Crippen molar-refractivity contribution in [1.82, 2.24) is 0 Å². The maximum atomic E-state index is 11.9. The van der Waals surface area contributed by atoms with Gasteiger partial charge < -0.3 is 18.4 Å². The average molecular weight is 450 g/mol. The summed E-state index contributed by atoms with van der Waals surface area (Å²) in [7, 11) is -4.16. The molecule has 0 aliphatic carbocycles. The van der Waals surface area contributed by atoms with Crippen LogP contribution in [0.15, 0.2) is 0 Å². The smallest absolute Gasteiger partial charge is 0.268 e. The standard InChI is InChI=1S/C24H52NO4P/c1-5-9-10-11-12-13-14-15-16-17-18-19-20-21-23-28-30(26,27)29-24-22-25(6-2,7-3)8-4/h5-24H2,1-4H3. The molecule has 182 valence electrons. The lowest BCUT2D eigenvalue weighted by Gasteiger charge is -2.36. The lowest BCUT2D eigenvalue weighted by atomic mass is 10.0. The monoisotopic (exact) mass is 449 g/mol. The highest BCUT2D eigenvalue weighted by Crippen LogP contribution is 2.38. The van der Waals surface area contributed by atoms with E-state index in [0.29, 0.717) is 6.54 Å². The van der Waals surface area contributed by atoms with Gasteiger partial charge in [-0.2, -0.15) is 0 Å². The van der Waals surface area contributed by atoms with Crippen LogP contribution in [0.4, 0.5) is 0 Å². The van der Waals surface area contributed by atoms with Gasteiger partial charge in [0.1, 0.15) is 13.2 Å². The Bertz CT molecular complexity index is 408. The first kappa shape index (κ1) is 30.1. The number of unbranched alkanes of at least 4 members (excludes halogenated alkanes) is 13. The van der Waals surface area contributed by atoms with Crippen LogP contribution in [0.3, 0.4) is 0 Å². The molecular weight excluding hydrogens is 397 g/mol. The van der Waals surface area contributed by atoms with Gasteiger partial charge >= 0.3 is 0 Å². The van der Waals surface area contributed by atoms with Crippen molar-refractivity contribution in [3.63, 3.8) is 0 Å². The highest BCUT2D eigenvalue weighted by atomic mass is 31.2. The number of quaternary nitrogens is 1. The lowest BCUT2D eigenvalue weighted by molar-refractivity contribution is -0.923. The minimum atomic E-state index is -4.16. The average Bonchev–Trinajstić information content (AvgIpc) is 2.74. The molecule has 0 spiro atoms. The summed E-state index contributed by atoms with van der Waals surface area (Å²) in [6.07, 6.45) is 17.9. The molecule has 0 aromatic heterocycles. The van der Waals surface area contributed by atoms with Gasteiger partial charge in [-0.25, -0.2) is 0 Å². The van der Waals surface area contributed by atoms with Crippen molar-refractivity contribution in [2.45, 2.75) is 118 Å². The van der Waals surface area contributed by atoms with Gasteiger partial charge in [0.2, 0.25) is 0 Å². The van der Waals surface area contributed by atoms with Crippen LogP contribution in [0, 0.1) is 0 Å². The van der Waals surface area contributed by atoms with E-state index in [2.05, 4.69) is 27.7 Å². The van der Waals surface area contributed by atoms with E-state index in [1.54, 1.807) is 0 Å². The normalized spacial score (nSPS) is 14.2. The fourth-order valence-corrected chi connectivity index (χ4v) is 4.73. The largest absolute Gasteiger partial charge is 0.756 e. The maximum absolute atomic E-state index is 11.9. The van der Waals surface area contributed by atoms with Crippen molar-refractivity contribution in [3.8, 4) is 0 Å². The maximum Gasteiger partial charge on any atom is 0.268 e. The third kappa shape index (κ3) is 16.7. The summed E-state index contributed by atoms with van der Waals surface area (Å²) in [5.41, 5.74) is 0. The third-order valence-electron chi connectivity index (χ3n) is 6.57. The predicted molar refractivity (Wildman–Crippen MR) is 127 cm³/mol. The molecule has 0 aliphatic rings. The number of phosphoric acid groups is 1. The minimum Gasteiger partial charge on any atom is -0.756 e. The molecule has 0 saturated heterocycles. The summed E-state index contributed by atoms with van der Waals surface area (Å²) in [6, 6.07) is 0. The predicted octanol–water partition coefficient (Wildman–Crippen LogP) is 6.85. The molecule has 0 aromatic rings. The van der Waals surface area contributed by atoms with E-state index >= 15 is 0 Å². The number of phosphoric ester groups is 1. The highest BCUT2D eigenvalue weighted by Gasteiger charge is 2.21. The quantitative estimate of drug-likeness (QED) is 0.0972. The summed E-state index contributed by atoms with van der Waals surface area (Å²) < 4.78 is 22.9. The zero-order valence-corrected chi connectivity index (χ0v) is 21.6. The fourth-order valence-electron chi connectivity index (χ4n) is 4.00. The Hall–Kier alpha value is 0.0700. The fraction of sp³-hybridized carbons (Fsp3) is 1.00. The van der Waals surface area contributed by atoms with Crippen LogP contribution in [0.5, 0.6) is 0 Å². The molecule has 5 nitrogen and oxygen atoms in total. The van der Waals surface area contributed by atoms with Crippen LogP contribution < -0.4 is 4.89 Å². The molecule has 0 fully saturated rings. The van der Waals surface area contributed by atoms with Gasteiger partial charge in [-0.05, 0) is 27.2 Å². The van der Waals surface area contributed by atoms with Crippen molar-refractivity contribution in [1.29, 1.82) is 0 Å². The second kappa shape index (κ2) is 19.7. The van der Waals surface area contributed by atoms with Crippen molar-refractivity contribution in [2.24, 2.45) is 0 Å². The first-order chi connectivity index (χ1) is 14.4. The van der Waals surface area contributed by atoms with E-state index in [9.17, 15) is 9.46 Å². The van der Waals surface area contributed by atoms with Gasteiger partial charge in [0.25, 0.3) is 7.82 Å². The Kier molecular flexibility index (Phi) is 19.8. The highest BCUT2D eigenvalue weighted by molar-refractivity contribution is 7.45. The van der Waals surface area contributed by atoms with E-state index in [0.717, 1.165) is 43.4 Å². The van der Waals surface area contributed by atoms with Gasteiger partial charge in [0.15, 0.2) is 0 Å². The van der Waals surface area contributed by atoms with E-state index < -0.39 is 7.82 Å². The second-order valence-electron chi connectivity index (χ2n) is 8.72. The van der Waals surface area contributed by atoms with Crippen molar-refractivity contribution >= 4 is 7.82 Å². The summed E-state index contributed by atoms with van der Waals surface area (Å²) in [5.74, 6) is 0. The molecule has 0 rings (SSSR count). The van der Waals surface area contributed by atoms with Gasteiger partial charge in [-0.1, -0.05) is 90.4 Å². The van der Waals surface area contributed by atoms with Crippen LogP contribution >= 0.6 is 7.82 Å². The van der Waals surface area contributed by atoms with Gasteiger partial charge in [0, 0.05) is 0 Å². The molecule has 0 aliphatic heterocycles. The lowest BCUT2D eigenvalue weighted by Crippen LogP contribution is -2.49. The number of rotatable bonds is 23. The van der Waals surface area contributed by atoms with Crippen molar-refractivity contribution < 1.29 is 23.0 Å². The number of nitrogens with zero attached hydrogens (tertiary/aromatic N) is 1. The molecule has 0 aromatic carbocycles. The molecule has 0 radical (unpaired) electrons. The molecule has 0 amide bonds. The molecule has 0 N–H and O–H groups in total. The molecular formula is C24H52NO4P. The topological polar surface area (TPSA) is 58.6 Å². The summed E-state index contributed by atoms with van der Waals surface area (Å²) in [6.45, 7) is 12.8. The van der Waals surface area contributed by atoms with Crippen molar-refractivity contribution in [3.05, 3.63) is 0 Å². The Morgan fingerprint density at radius 1 is 0.600 bits per heavy atom. The number of hydrogen-bond acceptors (Lipinski definition) is 4. The minimum absolute atomic E-state index is 0.203. The first-order valence-corrected chi connectivity index (χ1v) is 14.4. The molecule has 0 saturated carbocycles. The SMILES string of the molecule is CCCCCCCCCCCCCCCCOP(=O)([O-])OCC[N+](CC)(CC)CC. The first-order valence-electron chi connectivity index (χ1n) is 12.9. The van der Waals surface area contributed by atoms with E-state index in [-0.39, 0.29) is 13.2 Å². The van der Waals surface area contributed by atoms with E-state index in [1.165, 1.54) is 70.6 Å². The van der Waals surface area contributed by atoms with Gasteiger partial charge in [0.05, 0.1) is 26.2 Å². The summed E-state index contributed by atoms with van der Waals surface area (Å²) in [5, 5.41) is 0. The Labute approximate surface area is 188 Å². The van der Waals surface area contributed by atoms with Crippen LogP contribution in [-0.4, -0.2) is 43.9 Å². The van der Waals surface area contributed by atoms with Crippen LogP contribution in [-0.2, 0) is 13.6 Å². The van der Waals surface area contributed by atoms with Gasteiger partial charge in [-0.3, -0.25) is 4.57 Å². The van der Waals surface area contributed by atoms with Crippen LogP contribution in [0.2, 0.25) is 0 Å². The van der Waals surface area contributed by atoms with Crippen LogP contribution in [0.25, 0.3) is 0 Å². The van der Waals surface area contributed by atoms with Crippen LogP contribution in [0.1, 0.15) is 118 Å². The number of likely N-dealkylation sites (N-methyl/N-ethyl adjacent to an activating group) is 1. The Balaban J connectivity index is 3.51. The Morgan fingerprint density at radius 2 is 0.967 bits per heavy atom. The third-order valence-corrected chi connectivity index (χ3v) is 7.57. The zero-order valence-electron chi connectivity index (χ0n) is 20.7. The number of hydrogen-bond donors (Lipinski definition) is 0. The molecule has 1 unspecified atom stereocenters. The van der Waals surface area contributed by atoms with Crippen molar-refractivity contribution in [2.75, 3.05) is 39.4 Å². The van der Waals surface area contributed by atoms with E-state index in [4.69, 9.17) is 9.05 Å². The molecule has 0 heterocycles. The molecule has 30 heavy (non-hydrogen) atoms. The molecule has 1 atom stereocenters. The Morgan fingerprint density at radius 3 is 1.37 bits per heavy atom. The molecule has 6 heteroatoms. The molecule has 0 bridgehead atoms. The van der Waals surface area contributed by atoms with Gasteiger partial charge in [-0.15, -0.1) is 0 Å². The second-order valence-corrected chi connectivity index (χ2v) is 10.1. The summed E-state index contributed by atoms with van der Waals surface area (Å²) in [4.78, 5) is 11.9. The summed E-state index contributed by atoms with van der Waals surface area (Å²) >= 11 is 0. The van der Waals surface area contributed by atoms with E-state index in [1.807, 2.05) is 0 Å². The zero-order chi connectivity index (χ0) is 22.6.